The van der Waals surface area contributed by atoms with E-state index in [1.165, 1.54) is 12.1 Å². The Balaban J connectivity index is 2.82. The summed E-state index contributed by atoms with van der Waals surface area (Å²) < 4.78 is 5.54. The van der Waals surface area contributed by atoms with Crippen molar-refractivity contribution in [2.75, 3.05) is 11.9 Å². The highest BCUT2D eigenvalue weighted by Crippen LogP contribution is 2.06. The zero-order valence-electron chi connectivity index (χ0n) is 7.56. The van der Waals surface area contributed by atoms with Crippen LogP contribution in [0.1, 0.15) is 6.92 Å². The third-order valence-electron chi connectivity index (χ3n) is 1.44. The van der Waals surface area contributed by atoms with Crippen LogP contribution in [0, 0.1) is 4.64 Å². The lowest BCUT2D eigenvalue weighted by atomic mass is 10.5. The number of rotatable bonds is 2. The molecule has 0 atom stereocenters. The number of anilines is 1. The molecule has 0 bridgehead atoms. The molecule has 1 rings (SSSR count). The molecule has 0 saturated heterocycles. The number of pyridine rings is 1. The second kappa shape index (κ2) is 4.61. The lowest BCUT2D eigenvalue weighted by molar-refractivity contribution is 0.162. The Morgan fingerprint density at radius 1 is 1.71 bits per heavy atom. The fourth-order valence-electron chi connectivity index (χ4n) is 0.848. The van der Waals surface area contributed by atoms with E-state index in [4.69, 9.17) is 12.2 Å². The second-order valence-electron chi connectivity index (χ2n) is 2.41. The molecule has 0 saturated carbocycles. The van der Waals surface area contributed by atoms with Gasteiger partial charge in [0.1, 0.15) is 4.64 Å². The normalized spacial score (nSPS) is 9.50. The Labute approximate surface area is 85.9 Å². The average molecular weight is 214 g/mol. The molecule has 0 radical (unpaired) electrons. The van der Waals surface area contributed by atoms with Crippen molar-refractivity contribution in [3.05, 3.63) is 22.8 Å². The molecule has 76 valence electrons. The van der Waals surface area contributed by atoms with Crippen molar-refractivity contribution in [3.63, 3.8) is 0 Å². The highest BCUT2D eigenvalue weighted by Gasteiger charge is 2.04. The Morgan fingerprint density at radius 3 is 3.07 bits per heavy atom. The Kier molecular flexibility index (Phi) is 3.47. The van der Waals surface area contributed by atoms with Crippen molar-refractivity contribution in [1.82, 2.24) is 4.73 Å². The minimum atomic E-state index is -0.629. The molecule has 1 aromatic heterocycles. The molecule has 1 aromatic rings. The monoisotopic (exact) mass is 214 g/mol. The first-order valence-corrected chi connectivity index (χ1v) is 4.41. The smallest absolute Gasteiger partial charge is 0.412 e. The third kappa shape index (κ3) is 2.46. The van der Waals surface area contributed by atoms with Crippen molar-refractivity contribution in [3.8, 4) is 0 Å². The number of ether oxygens (including phenoxy) is 1. The summed E-state index contributed by atoms with van der Waals surface area (Å²) in [6.45, 7) is 1.96. The summed E-state index contributed by atoms with van der Waals surface area (Å²) in [5.41, 5.74) is 0. The first-order chi connectivity index (χ1) is 6.65. The number of hydrogen-bond acceptors (Lipinski definition) is 4. The van der Waals surface area contributed by atoms with Gasteiger partial charge in [-0.15, -0.1) is 0 Å². The predicted molar refractivity (Wildman–Crippen MR) is 53.1 cm³/mol. The van der Waals surface area contributed by atoms with Crippen LogP contribution < -0.4 is 5.32 Å². The topological polar surface area (TPSA) is 63.5 Å². The minimum absolute atomic E-state index is 0.177. The first kappa shape index (κ1) is 10.5. The number of carbonyl (C=O) groups excluding carboxylic acids is 1. The van der Waals surface area contributed by atoms with E-state index in [2.05, 4.69) is 10.1 Å². The second-order valence-corrected chi connectivity index (χ2v) is 2.82. The fraction of sp³-hybridized carbons (Fsp3) is 0.250. The summed E-state index contributed by atoms with van der Waals surface area (Å²) >= 11 is 4.78. The first-order valence-electron chi connectivity index (χ1n) is 4.00. The summed E-state index contributed by atoms with van der Waals surface area (Å²) in [5.74, 6) is 0.177. The molecule has 0 aliphatic rings. The van der Waals surface area contributed by atoms with E-state index in [1.807, 2.05) is 0 Å². The predicted octanol–water partition coefficient (Wildman–Crippen LogP) is 2.02. The molecule has 0 unspecified atom stereocenters. The molecular weight excluding hydrogens is 204 g/mol. The van der Waals surface area contributed by atoms with Crippen LogP contribution in [0.5, 0.6) is 0 Å². The van der Waals surface area contributed by atoms with Crippen LogP contribution in [0.2, 0.25) is 0 Å². The number of hydrogen-bond donors (Lipinski definition) is 2. The van der Waals surface area contributed by atoms with Crippen LogP contribution in [-0.2, 0) is 4.74 Å². The number of nitrogens with one attached hydrogen (secondary N) is 1. The molecule has 0 aliphatic heterocycles. The number of amides is 1. The summed E-state index contributed by atoms with van der Waals surface area (Å²) in [7, 11) is 0. The number of aromatic nitrogens is 1. The highest BCUT2D eigenvalue weighted by atomic mass is 32.1. The van der Waals surface area contributed by atoms with E-state index in [-0.39, 0.29) is 17.1 Å². The molecule has 6 heteroatoms. The van der Waals surface area contributed by atoms with Gasteiger partial charge in [0.25, 0.3) is 0 Å². The zero-order valence-corrected chi connectivity index (χ0v) is 8.37. The SMILES string of the molecule is CCOC(=O)Nc1cccc(=S)n1O. The van der Waals surface area contributed by atoms with Crippen molar-refractivity contribution in [1.29, 1.82) is 0 Å². The van der Waals surface area contributed by atoms with Crippen molar-refractivity contribution in [2.24, 2.45) is 0 Å². The number of nitrogens with zero attached hydrogens (tertiary/aromatic N) is 1. The molecule has 1 heterocycles. The van der Waals surface area contributed by atoms with E-state index in [9.17, 15) is 10.0 Å². The van der Waals surface area contributed by atoms with Crippen LogP contribution >= 0.6 is 12.2 Å². The molecule has 0 aromatic carbocycles. The quantitative estimate of drug-likeness (QED) is 0.584. The van der Waals surface area contributed by atoms with E-state index < -0.39 is 6.09 Å². The Hall–Kier alpha value is -1.56. The average Bonchev–Trinajstić information content (AvgIpc) is 2.13. The molecule has 1 amide bonds. The zero-order chi connectivity index (χ0) is 10.6. The van der Waals surface area contributed by atoms with E-state index in [1.54, 1.807) is 13.0 Å². The van der Waals surface area contributed by atoms with Crippen molar-refractivity contribution < 1.29 is 14.7 Å². The van der Waals surface area contributed by atoms with Gasteiger partial charge in [0.15, 0.2) is 5.82 Å². The van der Waals surface area contributed by atoms with E-state index in [0.717, 1.165) is 0 Å². The third-order valence-corrected chi connectivity index (χ3v) is 1.74. The van der Waals surface area contributed by atoms with Gasteiger partial charge in [0, 0.05) is 0 Å². The maximum absolute atomic E-state index is 11.0. The van der Waals surface area contributed by atoms with Gasteiger partial charge in [-0.05, 0) is 19.1 Å². The Morgan fingerprint density at radius 2 is 2.43 bits per heavy atom. The fourth-order valence-corrected chi connectivity index (χ4v) is 1.02. The summed E-state index contributed by atoms with van der Waals surface area (Å²) in [6.07, 6.45) is -0.629. The van der Waals surface area contributed by atoms with Gasteiger partial charge >= 0.3 is 6.09 Å². The van der Waals surface area contributed by atoms with Gasteiger partial charge in [0.05, 0.1) is 6.61 Å². The maximum atomic E-state index is 11.0. The molecule has 0 fully saturated rings. The van der Waals surface area contributed by atoms with Gasteiger partial charge in [0.2, 0.25) is 0 Å². The Bertz CT molecular complexity index is 388. The van der Waals surface area contributed by atoms with Crippen LogP contribution in [0.3, 0.4) is 0 Å². The highest BCUT2D eigenvalue weighted by molar-refractivity contribution is 7.71. The summed E-state index contributed by atoms with van der Waals surface area (Å²) in [6, 6.07) is 4.66. The standard InChI is InChI=1S/C8H10N2O3S/c1-2-13-8(11)9-6-4-3-5-7(14)10(6)12/h3-5,12H,2H2,1H3,(H,9,11). The lowest BCUT2D eigenvalue weighted by Gasteiger charge is -2.08. The molecule has 0 spiro atoms. The van der Waals surface area contributed by atoms with Crippen molar-refractivity contribution in [2.45, 2.75) is 6.92 Å². The van der Waals surface area contributed by atoms with Gasteiger partial charge < -0.3 is 9.94 Å². The summed E-state index contributed by atoms with van der Waals surface area (Å²) in [4.78, 5) is 11.0. The summed E-state index contributed by atoms with van der Waals surface area (Å²) in [5, 5.41) is 11.7. The van der Waals surface area contributed by atoms with Crippen LogP contribution in [0.4, 0.5) is 10.6 Å². The largest absolute Gasteiger partial charge is 0.450 e. The minimum Gasteiger partial charge on any atom is -0.450 e. The maximum Gasteiger partial charge on any atom is 0.412 e. The molecule has 5 nitrogen and oxygen atoms in total. The number of carbonyl (C=O) groups is 1. The lowest BCUT2D eigenvalue weighted by Crippen LogP contribution is -2.16. The van der Waals surface area contributed by atoms with Gasteiger partial charge in [-0.3, -0.25) is 5.32 Å². The van der Waals surface area contributed by atoms with Crippen molar-refractivity contribution >= 4 is 24.1 Å². The van der Waals surface area contributed by atoms with E-state index in [0.29, 0.717) is 4.73 Å². The van der Waals surface area contributed by atoms with Crippen LogP contribution in [0.15, 0.2) is 18.2 Å². The molecule has 14 heavy (non-hydrogen) atoms. The van der Waals surface area contributed by atoms with Gasteiger partial charge in [-0.1, -0.05) is 18.3 Å². The van der Waals surface area contributed by atoms with Gasteiger partial charge in [-0.2, -0.15) is 4.73 Å². The van der Waals surface area contributed by atoms with E-state index >= 15 is 0 Å². The molecule has 2 N–H and O–H groups in total. The van der Waals surface area contributed by atoms with Crippen LogP contribution in [0.25, 0.3) is 0 Å². The van der Waals surface area contributed by atoms with Crippen LogP contribution in [-0.4, -0.2) is 22.6 Å². The van der Waals surface area contributed by atoms with Gasteiger partial charge in [-0.25, -0.2) is 4.79 Å². The molecule has 0 aliphatic carbocycles. The molecular formula is C8H10N2O3S.